The van der Waals surface area contributed by atoms with Crippen molar-refractivity contribution in [2.75, 3.05) is 11.8 Å². The number of carbonyl (C=O) groups excluding carboxylic acids is 1. The van der Waals surface area contributed by atoms with Crippen molar-refractivity contribution < 1.29 is 17.9 Å². The fraction of sp³-hybridized carbons (Fsp3) is 0.133. The van der Waals surface area contributed by atoms with Crippen molar-refractivity contribution in [1.29, 1.82) is 0 Å². The predicted molar refractivity (Wildman–Crippen MR) is 87.7 cm³/mol. The fourth-order valence-corrected chi connectivity index (χ4v) is 3.31. The molecule has 7 heteroatoms. The zero-order chi connectivity index (χ0) is 16.2. The highest BCUT2D eigenvalue weighted by atomic mass is 79.9. The molecule has 0 saturated carbocycles. The highest BCUT2D eigenvalue weighted by Gasteiger charge is 2.15. The lowest BCUT2D eigenvalue weighted by Gasteiger charge is -2.10. The molecular weight excluding hydrogens is 370 g/mol. The Kier molecular flexibility index (Phi) is 5.20. The SMILES string of the molecule is COC(=O)c1cccc(NS(=O)(=O)c2cccc(CBr)c2)c1. The molecule has 0 aliphatic rings. The first-order valence-electron chi connectivity index (χ1n) is 6.32. The maximum Gasteiger partial charge on any atom is 0.337 e. The van der Waals surface area contributed by atoms with Crippen LogP contribution in [0.1, 0.15) is 15.9 Å². The molecule has 0 saturated heterocycles. The molecule has 2 rings (SSSR count). The zero-order valence-electron chi connectivity index (χ0n) is 11.7. The number of hydrogen-bond donors (Lipinski definition) is 1. The van der Waals surface area contributed by atoms with E-state index in [1.165, 1.54) is 19.2 Å². The van der Waals surface area contributed by atoms with Crippen LogP contribution in [0, 0.1) is 0 Å². The van der Waals surface area contributed by atoms with Gasteiger partial charge in [-0.15, -0.1) is 0 Å². The van der Waals surface area contributed by atoms with Crippen molar-refractivity contribution in [3.63, 3.8) is 0 Å². The van der Waals surface area contributed by atoms with Gasteiger partial charge in [0, 0.05) is 11.0 Å². The molecule has 0 amide bonds. The minimum Gasteiger partial charge on any atom is -0.465 e. The number of rotatable bonds is 5. The highest BCUT2D eigenvalue weighted by molar-refractivity contribution is 9.08. The molecular formula is C15H14BrNO4S. The van der Waals surface area contributed by atoms with Gasteiger partial charge in [-0.1, -0.05) is 34.1 Å². The van der Waals surface area contributed by atoms with E-state index in [1.54, 1.807) is 30.3 Å². The molecule has 22 heavy (non-hydrogen) atoms. The summed E-state index contributed by atoms with van der Waals surface area (Å²) >= 11 is 3.29. The van der Waals surface area contributed by atoms with Crippen molar-refractivity contribution in [3.05, 3.63) is 59.7 Å². The summed E-state index contributed by atoms with van der Waals surface area (Å²) in [6.07, 6.45) is 0. The summed E-state index contributed by atoms with van der Waals surface area (Å²) in [6, 6.07) is 12.7. The number of benzene rings is 2. The van der Waals surface area contributed by atoms with Crippen molar-refractivity contribution >= 4 is 37.6 Å². The fourth-order valence-electron chi connectivity index (χ4n) is 1.84. The Bertz CT molecular complexity index is 790. The van der Waals surface area contributed by atoms with E-state index >= 15 is 0 Å². The van der Waals surface area contributed by atoms with Gasteiger partial charge in [0.25, 0.3) is 10.0 Å². The van der Waals surface area contributed by atoms with Crippen molar-refractivity contribution in [1.82, 2.24) is 0 Å². The minimum atomic E-state index is -3.72. The number of methoxy groups -OCH3 is 1. The molecule has 2 aromatic rings. The van der Waals surface area contributed by atoms with Gasteiger partial charge >= 0.3 is 5.97 Å². The van der Waals surface area contributed by atoms with Crippen molar-refractivity contribution in [3.8, 4) is 0 Å². The summed E-state index contributed by atoms with van der Waals surface area (Å²) in [5.74, 6) is -0.526. The van der Waals surface area contributed by atoms with Crippen LogP contribution in [-0.2, 0) is 20.1 Å². The molecule has 1 N–H and O–H groups in total. The largest absolute Gasteiger partial charge is 0.465 e. The van der Waals surface area contributed by atoms with Gasteiger partial charge in [-0.3, -0.25) is 4.72 Å². The summed E-state index contributed by atoms with van der Waals surface area (Å²) < 4.78 is 31.8. The number of hydrogen-bond acceptors (Lipinski definition) is 4. The number of anilines is 1. The van der Waals surface area contributed by atoms with Crippen LogP contribution in [0.3, 0.4) is 0 Å². The second-order valence-corrected chi connectivity index (χ2v) is 6.70. The molecule has 116 valence electrons. The maximum atomic E-state index is 12.4. The number of alkyl halides is 1. The molecule has 5 nitrogen and oxygen atoms in total. The van der Waals surface area contributed by atoms with Gasteiger partial charge in [0.15, 0.2) is 0 Å². The van der Waals surface area contributed by atoms with Gasteiger partial charge in [-0.05, 0) is 35.9 Å². The Morgan fingerprint density at radius 1 is 1.18 bits per heavy atom. The van der Waals surface area contributed by atoms with Crippen LogP contribution in [0.25, 0.3) is 0 Å². The topological polar surface area (TPSA) is 72.5 Å². The van der Waals surface area contributed by atoms with Crippen LogP contribution in [0.2, 0.25) is 0 Å². The van der Waals surface area contributed by atoms with E-state index in [-0.39, 0.29) is 10.5 Å². The molecule has 0 fully saturated rings. The normalized spacial score (nSPS) is 11.0. The number of nitrogens with one attached hydrogen (secondary N) is 1. The molecule has 0 heterocycles. The first-order chi connectivity index (χ1) is 10.5. The zero-order valence-corrected chi connectivity index (χ0v) is 14.1. The molecule has 2 aromatic carbocycles. The second-order valence-electron chi connectivity index (χ2n) is 4.46. The van der Waals surface area contributed by atoms with Crippen LogP contribution in [-0.4, -0.2) is 21.5 Å². The minimum absolute atomic E-state index is 0.160. The Hall–Kier alpha value is -1.86. The monoisotopic (exact) mass is 383 g/mol. The van der Waals surface area contributed by atoms with Gasteiger partial charge < -0.3 is 4.74 Å². The molecule has 0 bridgehead atoms. The van der Waals surface area contributed by atoms with Gasteiger partial charge in [0.2, 0.25) is 0 Å². The summed E-state index contributed by atoms with van der Waals surface area (Å²) in [7, 11) is -2.45. The smallest absolute Gasteiger partial charge is 0.337 e. The van der Waals surface area contributed by atoms with E-state index in [1.807, 2.05) is 6.07 Å². The number of ether oxygens (including phenoxy) is 1. The first-order valence-corrected chi connectivity index (χ1v) is 8.93. The molecule has 0 spiro atoms. The number of halogens is 1. The highest BCUT2D eigenvalue weighted by Crippen LogP contribution is 2.19. The second kappa shape index (κ2) is 6.93. The summed E-state index contributed by atoms with van der Waals surface area (Å²) in [6.45, 7) is 0. The van der Waals surface area contributed by atoms with Gasteiger partial charge in [-0.25, -0.2) is 13.2 Å². The van der Waals surface area contributed by atoms with Gasteiger partial charge in [-0.2, -0.15) is 0 Å². The van der Waals surface area contributed by atoms with E-state index < -0.39 is 16.0 Å². The van der Waals surface area contributed by atoms with Crippen LogP contribution >= 0.6 is 15.9 Å². The lowest BCUT2D eigenvalue weighted by Crippen LogP contribution is -2.13. The summed E-state index contributed by atoms with van der Waals surface area (Å²) in [4.78, 5) is 11.6. The maximum absolute atomic E-state index is 12.4. The van der Waals surface area contributed by atoms with E-state index in [2.05, 4.69) is 25.4 Å². The molecule has 0 radical (unpaired) electrons. The molecule has 0 atom stereocenters. The molecule has 0 aliphatic heterocycles. The van der Waals surface area contributed by atoms with Gasteiger partial charge in [0.05, 0.1) is 17.6 Å². The molecule has 0 unspecified atom stereocenters. The van der Waals surface area contributed by atoms with Crippen molar-refractivity contribution in [2.24, 2.45) is 0 Å². The van der Waals surface area contributed by atoms with Crippen molar-refractivity contribution in [2.45, 2.75) is 10.2 Å². The van der Waals surface area contributed by atoms with Crippen LogP contribution in [0.4, 0.5) is 5.69 Å². The average molecular weight is 384 g/mol. The Morgan fingerprint density at radius 3 is 2.59 bits per heavy atom. The third-order valence-electron chi connectivity index (χ3n) is 2.90. The Morgan fingerprint density at radius 2 is 1.91 bits per heavy atom. The summed E-state index contributed by atoms with van der Waals surface area (Å²) in [5.41, 5.74) is 1.43. The van der Waals surface area contributed by atoms with E-state index in [4.69, 9.17) is 0 Å². The molecule has 0 aromatic heterocycles. The third-order valence-corrected chi connectivity index (χ3v) is 4.93. The standard InChI is InChI=1S/C15H14BrNO4S/c1-21-15(18)12-5-3-6-13(9-12)17-22(19,20)14-7-2-4-11(8-14)10-16/h2-9,17H,10H2,1H3. The Balaban J connectivity index is 2.30. The van der Waals surface area contributed by atoms with E-state index in [9.17, 15) is 13.2 Å². The summed E-state index contributed by atoms with van der Waals surface area (Å²) in [5, 5.41) is 0.564. The number of esters is 1. The van der Waals surface area contributed by atoms with Crippen LogP contribution < -0.4 is 4.72 Å². The third kappa shape index (κ3) is 3.86. The van der Waals surface area contributed by atoms with Crippen LogP contribution in [0.15, 0.2) is 53.4 Å². The first kappa shape index (κ1) is 16.5. The molecule has 0 aliphatic carbocycles. The van der Waals surface area contributed by atoms with E-state index in [0.717, 1.165) is 5.56 Å². The van der Waals surface area contributed by atoms with Gasteiger partial charge in [0.1, 0.15) is 0 Å². The van der Waals surface area contributed by atoms with E-state index in [0.29, 0.717) is 11.0 Å². The average Bonchev–Trinajstić information content (AvgIpc) is 2.54. The lowest BCUT2D eigenvalue weighted by molar-refractivity contribution is 0.0601. The predicted octanol–water partition coefficient (Wildman–Crippen LogP) is 3.17. The number of sulfonamides is 1. The Labute approximate surface area is 137 Å². The number of carbonyl (C=O) groups is 1. The quantitative estimate of drug-likeness (QED) is 0.635. The lowest BCUT2D eigenvalue weighted by atomic mass is 10.2. The van der Waals surface area contributed by atoms with Crippen LogP contribution in [0.5, 0.6) is 0 Å².